The largest absolute Gasteiger partial charge is 0.382 e. The summed E-state index contributed by atoms with van der Waals surface area (Å²) in [5.74, 6) is 0. The molecule has 1 aliphatic rings. The molecule has 0 aliphatic heterocycles. The molecule has 2 heteroatoms. The van der Waals surface area contributed by atoms with E-state index in [4.69, 9.17) is 9.47 Å². The Morgan fingerprint density at radius 1 is 1.50 bits per heavy atom. The van der Waals surface area contributed by atoms with Crippen molar-refractivity contribution in [3.8, 4) is 0 Å². The lowest BCUT2D eigenvalue weighted by Gasteiger charge is -2.09. The van der Waals surface area contributed by atoms with E-state index in [2.05, 4.69) is 6.58 Å². The molecule has 0 aromatic carbocycles. The van der Waals surface area contributed by atoms with Crippen molar-refractivity contribution >= 4 is 0 Å². The Labute approximate surface area is 61.8 Å². The van der Waals surface area contributed by atoms with Crippen LogP contribution in [0, 0.1) is 0 Å². The molecule has 0 heterocycles. The number of hydrogen-bond acceptors (Lipinski definition) is 2. The van der Waals surface area contributed by atoms with Gasteiger partial charge in [-0.05, 0) is 12.8 Å². The minimum Gasteiger partial charge on any atom is -0.382 e. The normalized spacial score (nSPS) is 20.5. The first-order valence-electron chi connectivity index (χ1n) is 3.59. The minimum absolute atomic E-state index is 0.0263. The number of methoxy groups -OCH3 is 1. The molecular weight excluding hydrogens is 128 g/mol. The fraction of sp³-hybridized carbons (Fsp3) is 0.750. The maximum Gasteiger partial charge on any atom is 0.0863 e. The molecule has 0 radical (unpaired) electrons. The highest BCUT2D eigenvalue weighted by Crippen LogP contribution is 2.40. The SMILES string of the molecule is C=CC1(OCCOC)CC1. The van der Waals surface area contributed by atoms with Crippen LogP contribution in [0.15, 0.2) is 12.7 Å². The molecule has 0 spiro atoms. The monoisotopic (exact) mass is 142 g/mol. The zero-order valence-electron chi connectivity index (χ0n) is 6.43. The molecule has 58 valence electrons. The van der Waals surface area contributed by atoms with Crippen LogP contribution in [0.3, 0.4) is 0 Å². The van der Waals surface area contributed by atoms with Gasteiger partial charge in [0.1, 0.15) is 0 Å². The summed E-state index contributed by atoms with van der Waals surface area (Å²) >= 11 is 0. The zero-order valence-corrected chi connectivity index (χ0v) is 6.43. The van der Waals surface area contributed by atoms with Crippen molar-refractivity contribution < 1.29 is 9.47 Å². The first-order valence-corrected chi connectivity index (χ1v) is 3.59. The fourth-order valence-electron chi connectivity index (χ4n) is 0.859. The fourth-order valence-corrected chi connectivity index (χ4v) is 0.859. The van der Waals surface area contributed by atoms with E-state index >= 15 is 0 Å². The quantitative estimate of drug-likeness (QED) is 0.426. The van der Waals surface area contributed by atoms with E-state index < -0.39 is 0 Å². The van der Waals surface area contributed by atoms with Crippen LogP contribution in [0.2, 0.25) is 0 Å². The van der Waals surface area contributed by atoms with E-state index in [1.54, 1.807) is 7.11 Å². The number of hydrogen-bond donors (Lipinski definition) is 0. The Morgan fingerprint density at radius 2 is 2.20 bits per heavy atom. The van der Waals surface area contributed by atoms with Crippen molar-refractivity contribution in [1.29, 1.82) is 0 Å². The van der Waals surface area contributed by atoms with Gasteiger partial charge in [-0.25, -0.2) is 0 Å². The average molecular weight is 142 g/mol. The maximum absolute atomic E-state index is 5.49. The van der Waals surface area contributed by atoms with Crippen molar-refractivity contribution in [2.45, 2.75) is 18.4 Å². The summed E-state index contributed by atoms with van der Waals surface area (Å²) in [6.07, 6.45) is 4.14. The van der Waals surface area contributed by atoms with Gasteiger partial charge < -0.3 is 9.47 Å². The molecular formula is C8H14O2. The molecule has 10 heavy (non-hydrogen) atoms. The highest BCUT2D eigenvalue weighted by atomic mass is 16.5. The predicted octanol–water partition coefficient (Wildman–Crippen LogP) is 1.37. The topological polar surface area (TPSA) is 18.5 Å². The third-order valence-corrected chi connectivity index (χ3v) is 1.79. The van der Waals surface area contributed by atoms with Gasteiger partial charge in [0.05, 0.1) is 18.8 Å². The predicted molar refractivity (Wildman–Crippen MR) is 40.0 cm³/mol. The summed E-state index contributed by atoms with van der Waals surface area (Å²) < 4.78 is 10.3. The van der Waals surface area contributed by atoms with Gasteiger partial charge in [0.2, 0.25) is 0 Å². The van der Waals surface area contributed by atoms with Crippen LogP contribution in [0.1, 0.15) is 12.8 Å². The Balaban J connectivity index is 2.07. The van der Waals surface area contributed by atoms with Gasteiger partial charge in [0, 0.05) is 7.11 Å². The van der Waals surface area contributed by atoms with Crippen molar-refractivity contribution in [3.63, 3.8) is 0 Å². The summed E-state index contributed by atoms with van der Waals surface area (Å²) in [4.78, 5) is 0. The average Bonchev–Trinajstić information content (AvgIpc) is 2.70. The molecule has 0 unspecified atom stereocenters. The number of rotatable bonds is 5. The molecule has 0 aromatic heterocycles. The van der Waals surface area contributed by atoms with Crippen LogP contribution in [0.5, 0.6) is 0 Å². The molecule has 2 nitrogen and oxygen atoms in total. The Morgan fingerprint density at radius 3 is 2.60 bits per heavy atom. The second-order valence-corrected chi connectivity index (χ2v) is 2.61. The second kappa shape index (κ2) is 3.17. The van der Waals surface area contributed by atoms with Crippen LogP contribution in [0.4, 0.5) is 0 Å². The maximum atomic E-state index is 5.49. The minimum atomic E-state index is 0.0263. The van der Waals surface area contributed by atoms with Gasteiger partial charge in [0.15, 0.2) is 0 Å². The van der Waals surface area contributed by atoms with Gasteiger partial charge in [-0.1, -0.05) is 6.08 Å². The van der Waals surface area contributed by atoms with Crippen molar-refractivity contribution in [2.75, 3.05) is 20.3 Å². The van der Waals surface area contributed by atoms with Crippen LogP contribution in [-0.4, -0.2) is 25.9 Å². The van der Waals surface area contributed by atoms with E-state index in [0.29, 0.717) is 13.2 Å². The molecule has 1 fully saturated rings. The van der Waals surface area contributed by atoms with Crippen molar-refractivity contribution in [3.05, 3.63) is 12.7 Å². The van der Waals surface area contributed by atoms with Crippen molar-refractivity contribution in [2.24, 2.45) is 0 Å². The second-order valence-electron chi connectivity index (χ2n) is 2.61. The van der Waals surface area contributed by atoms with Crippen LogP contribution < -0.4 is 0 Å². The molecule has 1 rings (SSSR count). The number of ether oxygens (including phenoxy) is 2. The zero-order chi connectivity index (χ0) is 7.45. The van der Waals surface area contributed by atoms with Crippen LogP contribution >= 0.6 is 0 Å². The molecule has 0 amide bonds. The third kappa shape index (κ3) is 1.82. The van der Waals surface area contributed by atoms with E-state index in [-0.39, 0.29) is 5.60 Å². The van der Waals surface area contributed by atoms with Gasteiger partial charge in [-0.2, -0.15) is 0 Å². The van der Waals surface area contributed by atoms with Crippen LogP contribution in [-0.2, 0) is 9.47 Å². The molecule has 0 N–H and O–H groups in total. The van der Waals surface area contributed by atoms with E-state index in [0.717, 1.165) is 12.8 Å². The highest BCUT2D eigenvalue weighted by molar-refractivity contribution is 5.09. The van der Waals surface area contributed by atoms with E-state index in [9.17, 15) is 0 Å². The van der Waals surface area contributed by atoms with Gasteiger partial charge in [-0.3, -0.25) is 0 Å². The lowest BCUT2D eigenvalue weighted by Crippen LogP contribution is -2.13. The van der Waals surface area contributed by atoms with Crippen molar-refractivity contribution in [1.82, 2.24) is 0 Å². The third-order valence-electron chi connectivity index (χ3n) is 1.79. The molecule has 0 saturated heterocycles. The Bertz CT molecular complexity index is 116. The smallest absolute Gasteiger partial charge is 0.0863 e. The van der Waals surface area contributed by atoms with Gasteiger partial charge in [-0.15, -0.1) is 6.58 Å². The lowest BCUT2D eigenvalue weighted by molar-refractivity contribution is 0.0264. The summed E-state index contributed by atoms with van der Waals surface area (Å²) in [6.45, 7) is 5.07. The Kier molecular flexibility index (Phi) is 2.46. The molecule has 1 aliphatic carbocycles. The van der Waals surface area contributed by atoms with E-state index in [1.807, 2.05) is 6.08 Å². The van der Waals surface area contributed by atoms with Gasteiger partial charge in [0.25, 0.3) is 0 Å². The standard InChI is InChI=1S/C8H14O2/c1-3-8(4-5-8)10-7-6-9-2/h3H,1,4-7H2,2H3. The van der Waals surface area contributed by atoms with Gasteiger partial charge >= 0.3 is 0 Å². The molecule has 0 bridgehead atoms. The Hall–Kier alpha value is -0.340. The molecule has 0 aromatic rings. The molecule has 0 atom stereocenters. The summed E-state index contributed by atoms with van der Waals surface area (Å²) in [7, 11) is 1.68. The summed E-state index contributed by atoms with van der Waals surface area (Å²) in [5, 5.41) is 0. The summed E-state index contributed by atoms with van der Waals surface area (Å²) in [6, 6.07) is 0. The van der Waals surface area contributed by atoms with Crippen LogP contribution in [0.25, 0.3) is 0 Å². The first kappa shape index (κ1) is 7.76. The molecule has 1 saturated carbocycles. The highest BCUT2D eigenvalue weighted by Gasteiger charge is 2.40. The summed E-state index contributed by atoms with van der Waals surface area (Å²) in [5.41, 5.74) is 0.0263. The van der Waals surface area contributed by atoms with E-state index in [1.165, 1.54) is 0 Å². The lowest BCUT2D eigenvalue weighted by atomic mass is 10.3. The first-order chi connectivity index (χ1) is 4.83.